The van der Waals surface area contributed by atoms with Gasteiger partial charge in [-0.2, -0.15) is 0 Å². The van der Waals surface area contributed by atoms with Crippen LogP contribution in [0.15, 0.2) is 4.73 Å². The van der Waals surface area contributed by atoms with Crippen LogP contribution >= 0.6 is 15.9 Å². The Morgan fingerprint density at radius 2 is 2.11 bits per heavy atom. The monoisotopic (exact) mass is 316 g/mol. The number of amides is 1. The van der Waals surface area contributed by atoms with Gasteiger partial charge in [0.2, 0.25) is 0 Å². The van der Waals surface area contributed by atoms with Crippen LogP contribution in [0.3, 0.4) is 0 Å². The molecule has 1 aliphatic rings. The smallest absolute Gasteiger partial charge is 0.411 e. The van der Waals surface area contributed by atoms with Crippen LogP contribution in [0.25, 0.3) is 0 Å². The number of rotatable bonds is 0. The molecule has 1 aromatic heterocycles. The summed E-state index contributed by atoms with van der Waals surface area (Å²) in [5.41, 5.74) is -0.484. The minimum Gasteiger partial charge on any atom is -0.444 e. The minimum absolute atomic E-state index is 0.0552. The zero-order chi connectivity index (χ0) is 13.5. The molecular weight excluding hydrogens is 300 g/mol. The van der Waals surface area contributed by atoms with E-state index in [-0.39, 0.29) is 12.1 Å². The molecule has 100 valence electrons. The maximum atomic E-state index is 12.1. The first-order valence-electron chi connectivity index (χ1n) is 5.85. The van der Waals surface area contributed by atoms with Gasteiger partial charge in [-0.3, -0.25) is 4.90 Å². The fourth-order valence-corrected chi connectivity index (χ4v) is 2.28. The van der Waals surface area contributed by atoms with Crippen LogP contribution in [0, 0.1) is 0 Å². The summed E-state index contributed by atoms with van der Waals surface area (Å²) in [5, 5.41) is 7.99. The van der Waals surface area contributed by atoms with E-state index in [0.29, 0.717) is 17.8 Å². The van der Waals surface area contributed by atoms with E-state index in [2.05, 4.69) is 26.1 Å². The van der Waals surface area contributed by atoms with Crippen molar-refractivity contribution >= 4 is 22.0 Å². The number of aromatic nitrogens is 3. The van der Waals surface area contributed by atoms with Crippen molar-refractivity contribution in [1.29, 1.82) is 0 Å². The van der Waals surface area contributed by atoms with Gasteiger partial charge in [-0.15, -0.1) is 10.2 Å². The lowest BCUT2D eigenvalue weighted by atomic mass is 10.2. The summed E-state index contributed by atoms with van der Waals surface area (Å²) in [6, 6.07) is 0.0552. The lowest BCUT2D eigenvalue weighted by molar-refractivity contribution is 0.00922. The first-order valence-corrected chi connectivity index (χ1v) is 6.64. The first kappa shape index (κ1) is 13.3. The second-order valence-corrected chi connectivity index (χ2v) is 6.16. The van der Waals surface area contributed by atoms with Crippen molar-refractivity contribution in [3.63, 3.8) is 0 Å². The molecule has 0 bridgehead atoms. The summed E-state index contributed by atoms with van der Waals surface area (Å²) in [7, 11) is 0. The average Bonchev–Trinajstić information content (AvgIpc) is 2.56. The Hall–Kier alpha value is -1.11. The summed E-state index contributed by atoms with van der Waals surface area (Å²) in [4.78, 5) is 13.8. The van der Waals surface area contributed by atoms with Crippen LogP contribution in [0.5, 0.6) is 0 Å². The van der Waals surface area contributed by atoms with Crippen molar-refractivity contribution < 1.29 is 9.53 Å². The molecule has 0 spiro atoms. The third-order valence-electron chi connectivity index (χ3n) is 2.70. The third-order valence-corrected chi connectivity index (χ3v) is 3.29. The number of fused-ring (bicyclic) bond motifs is 1. The highest BCUT2D eigenvalue weighted by Gasteiger charge is 2.32. The molecule has 0 saturated carbocycles. The van der Waals surface area contributed by atoms with Gasteiger partial charge in [0.15, 0.2) is 10.6 Å². The van der Waals surface area contributed by atoms with Gasteiger partial charge in [0, 0.05) is 6.54 Å². The largest absolute Gasteiger partial charge is 0.444 e. The Labute approximate surface area is 114 Å². The van der Waals surface area contributed by atoms with Crippen molar-refractivity contribution in [2.24, 2.45) is 0 Å². The van der Waals surface area contributed by atoms with Crippen LogP contribution in [0.1, 0.15) is 33.5 Å². The zero-order valence-electron chi connectivity index (χ0n) is 11.0. The summed E-state index contributed by atoms with van der Waals surface area (Å²) in [5.74, 6) is 0.769. The molecule has 2 heterocycles. The van der Waals surface area contributed by atoms with Gasteiger partial charge >= 0.3 is 6.09 Å². The Morgan fingerprint density at radius 1 is 1.44 bits per heavy atom. The Morgan fingerprint density at radius 3 is 2.72 bits per heavy atom. The van der Waals surface area contributed by atoms with Crippen LogP contribution in [-0.4, -0.2) is 37.4 Å². The second-order valence-electron chi connectivity index (χ2n) is 5.45. The van der Waals surface area contributed by atoms with E-state index in [9.17, 15) is 4.79 Å². The number of carbonyl (C=O) groups is 1. The molecule has 0 N–H and O–H groups in total. The van der Waals surface area contributed by atoms with Crippen molar-refractivity contribution in [2.45, 2.75) is 52.4 Å². The minimum atomic E-state index is -0.484. The maximum Gasteiger partial charge on any atom is 0.411 e. The summed E-state index contributed by atoms with van der Waals surface area (Å²) >= 11 is 3.34. The first-order chi connectivity index (χ1) is 8.28. The highest BCUT2D eigenvalue weighted by Crippen LogP contribution is 2.22. The van der Waals surface area contributed by atoms with Crippen molar-refractivity contribution in [1.82, 2.24) is 19.7 Å². The van der Waals surface area contributed by atoms with Gasteiger partial charge in [-0.1, -0.05) is 0 Å². The normalized spacial score (nSPS) is 19.6. The van der Waals surface area contributed by atoms with Crippen molar-refractivity contribution in [2.75, 3.05) is 0 Å². The van der Waals surface area contributed by atoms with Gasteiger partial charge in [-0.05, 0) is 43.6 Å². The number of hydrogen-bond donors (Lipinski definition) is 0. The average molecular weight is 317 g/mol. The molecule has 1 amide bonds. The zero-order valence-corrected chi connectivity index (χ0v) is 12.6. The SMILES string of the molecule is C[C@@H]1Cn2c(Br)nnc2CN1C(=O)OC(C)(C)C. The number of ether oxygens (including phenoxy) is 1. The van der Waals surface area contributed by atoms with Gasteiger partial charge < -0.3 is 9.30 Å². The quantitative estimate of drug-likeness (QED) is 0.736. The van der Waals surface area contributed by atoms with E-state index in [1.54, 1.807) is 4.90 Å². The van der Waals surface area contributed by atoms with E-state index in [0.717, 1.165) is 5.82 Å². The number of nitrogens with zero attached hydrogens (tertiary/aromatic N) is 4. The molecule has 7 heteroatoms. The van der Waals surface area contributed by atoms with Gasteiger partial charge in [0.05, 0.1) is 12.6 Å². The molecule has 0 fully saturated rings. The predicted octanol–water partition coefficient (Wildman–Crippen LogP) is 2.18. The van der Waals surface area contributed by atoms with Gasteiger partial charge in [-0.25, -0.2) is 4.79 Å². The van der Waals surface area contributed by atoms with E-state index >= 15 is 0 Å². The van der Waals surface area contributed by atoms with Crippen LogP contribution in [0.4, 0.5) is 4.79 Å². The summed E-state index contributed by atoms with van der Waals surface area (Å²) in [6.07, 6.45) is -0.305. The Bertz CT molecular complexity index is 466. The molecule has 6 nitrogen and oxygen atoms in total. The molecule has 0 saturated heterocycles. The van der Waals surface area contributed by atoms with Crippen molar-refractivity contribution in [3.8, 4) is 0 Å². The lowest BCUT2D eigenvalue weighted by Gasteiger charge is -2.34. The standard InChI is InChI=1S/C11H17BrN4O2/c1-7-5-16-8(13-14-9(16)12)6-15(7)10(17)18-11(2,3)4/h7H,5-6H2,1-4H3/t7-/m1/s1. The van der Waals surface area contributed by atoms with Gasteiger partial charge in [0.25, 0.3) is 0 Å². The third kappa shape index (κ3) is 2.66. The molecule has 0 aliphatic carbocycles. The van der Waals surface area contributed by atoms with Crippen LogP contribution < -0.4 is 0 Å². The number of carbonyl (C=O) groups excluding carboxylic acids is 1. The highest BCUT2D eigenvalue weighted by molar-refractivity contribution is 9.10. The molecule has 1 atom stereocenters. The highest BCUT2D eigenvalue weighted by atomic mass is 79.9. The number of hydrogen-bond acceptors (Lipinski definition) is 4. The molecular formula is C11H17BrN4O2. The molecule has 0 unspecified atom stereocenters. The summed E-state index contributed by atoms with van der Waals surface area (Å²) < 4.78 is 8.05. The number of halogens is 1. The van der Waals surface area contributed by atoms with E-state index < -0.39 is 5.60 Å². The van der Waals surface area contributed by atoms with Crippen LogP contribution in [0.2, 0.25) is 0 Å². The Kier molecular flexibility index (Phi) is 3.35. The lowest BCUT2D eigenvalue weighted by Crippen LogP contribution is -2.47. The summed E-state index contributed by atoms with van der Waals surface area (Å²) in [6.45, 7) is 8.66. The van der Waals surface area contributed by atoms with E-state index in [1.165, 1.54) is 0 Å². The molecule has 0 aromatic carbocycles. The topological polar surface area (TPSA) is 60.2 Å². The molecule has 2 rings (SSSR count). The van der Waals surface area contributed by atoms with Crippen LogP contribution in [-0.2, 0) is 17.8 Å². The maximum absolute atomic E-state index is 12.1. The molecule has 1 aromatic rings. The predicted molar refractivity (Wildman–Crippen MR) is 69.0 cm³/mol. The van der Waals surface area contributed by atoms with Gasteiger partial charge in [0.1, 0.15) is 5.60 Å². The molecule has 1 aliphatic heterocycles. The fourth-order valence-electron chi connectivity index (χ4n) is 1.85. The molecule has 18 heavy (non-hydrogen) atoms. The second kappa shape index (κ2) is 4.53. The van der Waals surface area contributed by atoms with E-state index in [1.807, 2.05) is 32.3 Å². The fraction of sp³-hybridized carbons (Fsp3) is 0.727. The van der Waals surface area contributed by atoms with E-state index in [4.69, 9.17) is 4.74 Å². The molecule has 0 radical (unpaired) electrons. The van der Waals surface area contributed by atoms with Crippen molar-refractivity contribution in [3.05, 3.63) is 10.6 Å². The Balaban J connectivity index is 2.15.